The third-order valence-corrected chi connectivity index (χ3v) is 5.82. The maximum atomic E-state index is 13.2. The molecule has 1 aliphatic heterocycles. The average molecular weight is 494 g/mol. The molecule has 1 aliphatic rings. The molecule has 2 heterocycles. The summed E-state index contributed by atoms with van der Waals surface area (Å²) in [5.41, 5.74) is 4.37. The number of benzene rings is 3. The number of nitrogens with one attached hydrogen (secondary N) is 1. The molecule has 0 spiro atoms. The van der Waals surface area contributed by atoms with Gasteiger partial charge >= 0.3 is 6.01 Å². The van der Waals surface area contributed by atoms with Gasteiger partial charge in [-0.25, -0.2) is 0 Å². The van der Waals surface area contributed by atoms with Gasteiger partial charge in [0.05, 0.1) is 29.5 Å². The van der Waals surface area contributed by atoms with Crippen molar-refractivity contribution in [3.8, 4) is 23.3 Å². The van der Waals surface area contributed by atoms with Crippen molar-refractivity contribution in [2.24, 2.45) is 4.99 Å². The molecule has 9 nitrogen and oxygen atoms in total. The van der Waals surface area contributed by atoms with Crippen LogP contribution in [0.5, 0.6) is 5.75 Å². The molecule has 1 aromatic heterocycles. The number of aliphatic imine (C=N–C) groups is 1. The van der Waals surface area contributed by atoms with E-state index in [4.69, 9.17) is 18.9 Å². The molecule has 0 bridgehead atoms. The fraction of sp³-hybridized carbons (Fsp3) is 0.179. The van der Waals surface area contributed by atoms with Crippen LogP contribution in [-0.2, 0) is 16.0 Å². The number of nitriles is 1. The van der Waals surface area contributed by atoms with E-state index >= 15 is 0 Å². The van der Waals surface area contributed by atoms with Gasteiger partial charge in [0.25, 0.3) is 5.89 Å². The molecule has 5 rings (SSSR count). The van der Waals surface area contributed by atoms with E-state index in [9.17, 15) is 10.1 Å². The first-order chi connectivity index (χ1) is 18.2. The Labute approximate surface area is 213 Å². The first-order valence-electron chi connectivity index (χ1n) is 11.7. The zero-order valence-corrected chi connectivity index (χ0v) is 20.0. The summed E-state index contributed by atoms with van der Waals surface area (Å²) in [4.78, 5) is 18.0. The molecule has 1 atom stereocenters. The summed E-state index contributed by atoms with van der Waals surface area (Å²) in [6, 6.07) is 24.5. The molecule has 0 fully saturated rings. The smallest absolute Gasteiger partial charge is 0.317 e. The van der Waals surface area contributed by atoms with Crippen molar-refractivity contribution < 1.29 is 18.7 Å². The molecule has 3 aromatic carbocycles. The van der Waals surface area contributed by atoms with Gasteiger partial charge in [-0.3, -0.25) is 9.79 Å². The van der Waals surface area contributed by atoms with Gasteiger partial charge in [0.1, 0.15) is 12.4 Å². The van der Waals surface area contributed by atoms with Gasteiger partial charge in [-0.2, -0.15) is 5.26 Å². The van der Waals surface area contributed by atoms with E-state index in [1.54, 1.807) is 25.3 Å². The molecule has 184 valence electrons. The Morgan fingerprint density at radius 3 is 2.65 bits per heavy atom. The summed E-state index contributed by atoms with van der Waals surface area (Å²) in [6.45, 7) is 0.659. The molecular weight excluding hydrogens is 470 g/mol. The number of fused-ring (bicyclic) bond motifs is 1. The lowest BCUT2D eigenvalue weighted by molar-refractivity contribution is -0.119. The van der Waals surface area contributed by atoms with Crippen LogP contribution in [0.15, 0.2) is 82.2 Å². The molecule has 0 radical (unpaired) electrons. The number of hydrogen-bond acceptors (Lipinski definition) is 9. The van der Waals surface area contributed by atoms with E-state index in [1.807, 2.05) is 54.6 Å². The standard InChI is InChI=1S/C28H23N5O4/c1-35-13-14-36-24-15-18(17-29)11-12-22(24)27-32-33-28(37-27)31-26-23(34)16-20-9-5-6-10-21(20)25(30-26)19-7-3-2-4-8-19/h2-12,15,26H,13-14,16H2,1H3,(H,31,33)/t26-/m1/s1. The van der Waals surface area contributed by atoms with Gasteiger partial charge in [-0.15, -0.1) is 5.10 Å². The highest BCUT2D eigenvalue weighted by molar-refractivity contribution is 6.16. The minimum absolute atomic E-state index is 0.0441. The number of aromatic nitrogens is 2. The van der Waals surface area contributed by atoms with Crippen molar-refractivity contribution in [2.45, 2.75) is 12.6 Å². The first-order valence-corrected chi connectivity index (χ1v) is 11.7. The van der Waals surface area contributed by atoms with Crippen LogP contribution >= 0.6 is 0 Å². The second-order valence-corrected chi connectivity index (χ2v) is 8.27. The molecule has 37 heavy (non-hydrogen) atoms. The number of ketones is 1. The van der Waals surface area contributed by atoms with Crippen LogP contribution < -0.4 is 10.1 Å². The molecule has 0 unspecified atom stereocenters. The van der Waals surface area contributed by atoms with E-state index in [0.29, 0.717) is 29.2 Å². The average Bonchev–Trinajstić information content (AvgIpc) is 3.34. The number of Topliss-reactive ketones (excluding diaryl/α,β-unsaturated/α-hetero) is 1. The summed E-state index contributed by atoms with van der Waals surface area (Å²) >= 11 is 0. The van der Waals surface area contributed by atoms with Crippen LogP contribution in [0.25, 0.3) is 11.5 Å². The van der Waals surface area contributed by atoms with Crippen LogP contribution in [-0.4, -0.2) is 48.2 Å². The highest BCUT2D eigenvalue weighted by Gasteiger charge is 2.27. The van der Waals surface area contributed by atoms with Gasteiger partial charge in [-0.1, -0.05) is 59.7 Å². The fourth-order valence-corrected chi connectivity index (χ4v) is 4.03. The predicted molar refractivity (Wildman–Crippen MR) is 136 cm³/mol. The van der Waals surface area contributed by atoms with Crippen molar-refractivity contribution in [1.29, 1.82) is 5.26 Å². The number of anilines is 1. The highest BCUT2D eigenvalue weighted by atomic mass is 16.5. The van der Waals surface area contributed by atoms with Crippen molar-refractivity contribution in [3.05, 3.63) is 95.1 Å². The van der Waals surface area contributed by atoms with Crippen molar-refractivity contribution in [1.82, 2.24) is 10.2 Å². The number of rotatable bonds is 8. The molecule has 0 amide bonds. The highest BCUT2D eigenvalue weighted by Crippen LogP contribution is 2.31. The second-order valence-electron chi connectivity index (χ2n) is 8.27. The van der Waals surface area contributed by atoms with Crippen molar-refractivity contribution >= 4 is 17.5 Å². The number of carbonyl (C=O) groups excluding carboxylic acids is 1. The summed E-state index contributed by atoms with van der Waals surface area (Å²) in [5.74, 6) is 0.466. The maximum Gasteiger partial charge on any atom is 0.317 e. The van der Waals surface area contributed by atoms with Crippen molar-refractivity contribution in [2.75, 3.05) is 25.6 Å². The molecule has 1 N–H and O–H groups in total. The lowest BCUT2D eigenvalue weighted by Gasteiger charge is -2.12. The van der Waals surface area contributed by atoms with E-state index in [-0.39, 0.29) is 30.7 Å². The number of methoxy groups -OCH3 is 1. The lowest BCUT2D eigenvalue weighted by Crippen LogP contribution is -2.29. The van der Waals surface area contributed by atoms with E-state index in [0.717, 1.165) is 16.7 Å². The van der Waals surface area contributed by atoms with Gasteiger partial charge in [-0.05, 0) is 23.8 Å². The van der Waals surface area contributed by atoms with Crippen molar-refractivity contribution in [3.63, 3.8) is 0 Å². The Balaban J connectivity index is 1.45. The Hall–Kier alpha value is -4.81. The van der Waals surface area contributed by atoms with Crippen LogP contribution in [0, 0.1) is 11.3 Å². The minimum atomic E-state index is -0.922. The molecule has 0 saturated carbocycles. The predicted octanol–water partition coefficient (Wildman–Crippen LogP) is 4.03. The van der Waals surface area contributed by atoms with Crippen LogP contribution in [0.4, 0.5) is 6.01 Å². The molecular formula is C28H23N5O4. The molecule has 0 saturated heterocycles. The Morgan fingerprint density at radius 1 is 1.03 bits per heavy atom. The van der Waals surface area contributed by atoms with Gasteiger partial charge < -0.3 is 19.2 Å². The quantitative estimate of drug-likeness (QED) is 0.365. The third-order valence-electron chi connectivity index (χ3n) is 5.82. The topological polar surface area (TPSA) is 123 Å². The Kier molecular flexibility index (Phi) is 7.01. The van der Waals surface area contributed by atoms with E-state index in [1.165, 1.54) is 0 Å². The lowest BCUT2D eigenvalue weighted by atomic mass is 9.96. The minimum Gasteiger partial charge on any atom is -0.490 e. The summed E-state index contributed by atoms with van der Waals surface area (Å²) in [5, 5.41) is 20.5. The number of carbonyl (C=O) groups is 1. The third kappa shape index (κ3) is 5.24. The van der Waals surface area contributed by atoms with Gasteiger partial charge in [0.15, 0.2) is 11.9 Å². The number of ether oxygens (including phenoxy) is 2. The Bertz CT molecular complexity index is 1490. The van der Waals surface area contributed by atoms with Crippen LogP contribution in [0.2, 0.25) is 0 Å². The monoisotopic (exact) mass is 493 g/mol. The van der Waals surface area contributed by atoms with Crippen LogP contribution in [0.3, 0.4) is 0 Å². The fourth-order valence-electron chi connectivity index (χ4n) is 4.03. The molecule has 0 aliphatic carbocycles. The Morgan fingerprint density at radius 2 is 1.84 bits per heavy atom. The zero-order chi connectivity index (χ0) is 25.6. The summed E-state index contributed by atoms with van der Waals surface area (Å²) in [6.07, 6.45) is -0.712. The summed E-state index contributed by atoms with van der Waals surface area (Å²) < 4.78 is 16.7. The molecule has 4 aromatic rings. The largest absolute Gasteiger partial charge is 0.490 e. The maximum absolute atomic E-state index is 13.2. The van der Waals surface area contributed by atoms with E-state index < -0.39 is 6.17 Å². The van der Waals surface area contributed by atoms with E-state index in [2.05, 4.69) is 21.6 Å². The molecule has 9 heteroatoms. The van der Waals surface area contributed by atoms with Crippen LogP contribution in [0.1, 0.15) is 22.3 Å². The zero-order valence-electron chi connectivity index (χ0n) is 20.0. The number of nitrogens with zero attached hydrogens (tertiary/aromatic N) is 4. The normalized spacial score (nSPS) is 14.8. The van der Waals surface area contributed by atoms with Gasteiger partial charge in [0, 0.05) is 24.7 Å². The SMILES string of the molecule is COCCOc1cc(C#N)ccc1-c1nnc(N[C@H]2N=C(c3ccccc3)c3ccccc3CC2=O)o1. The first kappa shape index (κ1) is 23.9. The second kappa shape index (κ2) is 10.8. The van der Waals surface area contributed by atoms with Gasteiger partial charge in [0.2, 0.25) is 0 Å². The summed E-state index contributed by atoms with van der Waals surface area (Å²) in [7, 11) is 1.57. The number of hydrogen-bond donors (Lipinski definition) is 1.